The molecule has 31 heavy (non-hydrogen) atoms. The van der Waals surface area contributed by atoms with E-state index in [0.29, 0.717) is 25.9 Å². The van der Waals surface area contributed by atoms with E-state index in [1.165, 1.54) is 0 Å². The van der Waals surface area contributed by atoms with E-state index in [2.05, 4.69) is 10.3 Å². The highest BCUT2D eigenvalue weighted by Gasteiger charge is 2.59. The second kappa shape index (κ2) is 7.80. The minimum atomic E-state index is -0.823. The minimum absolute atomic E-state index is 0.0266. The predicted molar refractivity (Wildman–Crippen MR) is 115 cm³/mol. The van der Waals surface area contributed by atoms with E-state index in [4.69, 9.17) is 0 Å². The largest absolute Gasteiger partial charge is 0.342 e. The summed E-state index contributed by atoms with van der Waals surface area (Å²) >= 11 is 0. The second-order valence-corrected chi connectivity index (χ2v) is 8.58. The molecular formula is C24H26N4O3. The molecule has 3 aliphatic rings. The Kier molecular flexibility index (Phi) is 4.96. The van der Waals surface area contributed by atoms with Crippen molar-refractivity contribution in [3.05, 3.63) is 59.9 Å². The van der Waals surface area contributed by atoms with E-state index < -0.39 is 11.5 Å². The molecule has 2 saturated heterocycles. The predicted octanol–water partition coefficient (Wildman–Crippen LogP) is 2.65. The van der Waals surface area contributed by atoms with Gasteiger partial charge in [0.15, 0.2) is 0 Å². The van der Waals surface area contributed by atoms with E-state index in [-0.39, 0.29) is 24.1 Å². The molecule has 0 aliphatic carbocycles. The molecule has 3 amide bonds. The van der Waals surface area contributed by atoms with Gasteiger partial charge in [-0.25, -0.2) is 0 Å². The van der Waals surface area contributed by atoms with Gasteiger partial charge in [-0.1, -0.05) is 24.3 Å². The fourth-order valence-electron chi connectivity index (χ4n) is 5.43. The molecule has 2 fully saturated rings. The first-order chi connectivity index (χ1) is 15.1. The van der Waals surface area contributed by atoms with Crippen molar-refractivity contribution in [1.29, 1.82) is 0 Å². The van der Waals surface area contributed by atoms with Crippen LogP contribution in [0.1, 0.15) is 49.3 Å². The van der Waals surface area contributed by atoms with Gasteiger partial charge in [0.05, 0.1) is 6.04 Å². The Balaban J connectivity index is 1.46. The van der Waals surface area contributed by atoms with Crippen LogP contribution in [0.5, 0.6) is 0 Å². The fourth-order valence-corrected chi connectivity index (χ4v) is 5.43. The van der Waals surface area contributed by atoms with Gasteiger partial charge in [0, 0.05) is 50.6 Å². The minimum Gasteiger partial charge on any atom is -0.342 e. The van der Waals surface area contributed by atoms with E-state index >= 15 is 0 Å². The summed E-state index contributed by atoms with van der Waals surface area (Å²) in [5.74, 6) is 0.0372. The number of nitrogens with one attached hydrogen (secondary N) is 1. The standard InChI is InChI=1S/C24H26N4O3/c29-20-9-3-4-13-27(20)14-10-21(30)28-15-11-24(22(28)17-6-5-12-25-16-17)18-7-1-2-8-19(18)26-23(24)31/h1-2,5-8,12,16,22H,3-4,9-11,13-15H2,(H,26,31). The maximum absolute atomic E-state index is 13.4. The molecule has 0 radical (unpaired) electrons. The number of hydrogen-bond acceptors (Lipinski definition) is 4. The van der Waals surface area contributed by atoms with Crippen molar-refractivity contribution >= 4 is 23.4 Å². The lowest BCUT2D eigenvalue weighted by Crippen LogP contribution is -2.44. The van der Waals surface area contributed by atoms with Crippen LogP contribution in [0.4, 0.5) is 5.69 Å². The lowest BCUT2D eigenvalue weighted by atomic mass is 9.73. The number of rotatable bonds is 4. The van der Waals surface area contributed by atoms with Gasteiger partial charge >= 0.3 is 0 Å². The van der Waals surface area contributed by atoms with Crippen LogP contribution in [0.3, 0.4) is 0 Å². The molecular weight excluding hydrogens is 392 g/mol. The highest BCUT2D eigenvalue weighted by Crippen LogP contribution is 2.54. The van der Waals surface area contributed by atoms with Crippen LogP contribution in [0.2, 0.25) is 0 Å². The van der Waals surface area contributed by atoms with Gasteiger partial charge in [0.1, 0.15) is 5.41 Å². The quantitative estimate of drug-likeness (QED) is 0.828. The molecule has 2 atom stereocenters. The third kappa shape index (κ3) is 3.19. The van der Waals surface area contributed by atoms with Gasteiger partial charge in [-0.05, 0) is 42.5 Å². The second-order valence-electron chi connectivity index (χ2n) is 8.58. The van der Waals surface area contributed by atoms with Gasteiger partial charge in [-0.15, -0.1) is 0 Å². The molecule has 0 saturated carbocycles. The highest BCUT2D eigenvalue weighted by molar-refractivity contribution is 6.07. The maximum atomic E-state index is 13.4. The van der Waals surface area contributed by atoms with Crippen LogP contribution >= 0.6 is 0 Å². The van der Waals surface area contributed by atoms with Crippen molar-refractivity contribution in [2.75, 3.05) is 25.0 Å². The molecule has 1 spiro atoms. The van der Waals surface area contributed by atoms with Crippen LogP contribution < -0.4 is 5.32 Å². The van der Waals surface area contributed by atoms with E-state index in [1.807, 2.05) is 41.3 Å². The number of carbonyl (C=O) groups excluding carboxylic acids is 3. The summed E-state index contributed by atoms with van der Waals surface area (Å²) in [6.45, 7) is 1.65. The number of amides is 3. The van der Waals surface area contributed by atoms with Gasteiger partial charge in [0.25, 0.3) is 0 Å². The first-order valence-electron chi connectivity index (χ1n) is 11.0. The normalized spacial score (nSPS) is 25.1. The van der Waals surface area contributed by atoms with Crippen LogP contribution in [-0.2, 0) is 19.8 Å². The molecule has 7 heteroatoms. The summed E-state index contributed by atoms with van der Waals surface area (Å²) in [7, 11) is 0. The summed E-state index contributed by atoms with van der Waals surface area (Å²) < 4.78 is 0. The number of benzene rings is 1. The van der Waals surface area contributed by atoms with Crippen molar-refractivity contribution in [2.45, 2.75) is 43.6 Å². The lowest BCUT2D eigenvalue weighted by Gasteiger charge is -2.35. The van der Waals surface area contributed by atoms with Crippen LogP contribution in [0.15, 0.2) is 48.8 Å². The van der Waals surface area contributed by atoms with Crippen LogP contribution in [0, 0.1) is 0 Å². The van der Waals surface area contributed by atoms with E-state index in [0.717, 1.165) is 36.2 Å². The Labute approximate surface area is 181 Å². The molecule has 1 aromatic carbocycles. The third-order valence-corrected chi connectivity index (χ3v) is 6.92. The van der Waals surface area contributed by atoms with Crippen molar-refractivity contribution in [3.63, 3.8) is 0 Å². The number of para-hydroxylation sites is 1. The number of piperidine rings is 1. The summed E-state index contributed by atoms with van der Waals surface area (Å²) in [5, 5.41) is 3.03. The van der Waals surface area contributed by atoms with Crippen LogP contribution in [0.25, 0.3) is 0 Å². The Morgan fingerprint density at radius 1 is 1.13 bits per heavy atom. The number of likely N-dealkylation sites (tertiary alicyclic amines) is 2. The van der Waals surface area contributed by atoms with E-state index in [1.54, 1.807) is 17.3 Å². The Morgan fingerprint density at radius 3 is 2.81 bits per heavy atom. The van der Waals surface area contributed by atoms with E-state index in [9.17, 15) is 14.4 Å². The number of pyridine rings is 1. The molecule has 2 aromatic rings. The summed E-state index contributed by atoms with van der Waals surface area (Å²) in [4.78, 5) is 46.7. The summed E-state index contributed by atoms with van der Waals surface area (Å²) in [6, 6.07) is 11.1. The summed E-state index contributed by atoms with van der Waals surface area (Å²) in [6.07, 6.45) is 6.75. The number of aromatic nitrogens is 1. The summed E-state index contributed by atoms with van der Waals surface area (Å²) in [5.41, 5.74) is 1.79. The lowest BCUT2D eigenvalue weighted by molar-refractivity contribution is -0.136. The highest BCUT2D eigenvalue weighted by atomic mass is 16.2. The number of anilines is 1. The molecule has 4 heterocycles. The number of hydrogen-bond donors (Lipinski definition) is 1. The first-order valence-corrected chi connectivity index (χ1v) is 11.0. The molecule has 7 nitrogen and oxygen atoms in total. The molecule has 3 aliphatic heterocycles. The Hall–Kier alpha value is -3.22. The monoisotopic (exact) mass is 418 g/mol. The van der Waals surface area contributed by atoms with Crippen molar-refractivity contribution < 1.29 is 14.4 Å². The topological polar surface area (TPSA) is 82.6 Å². The average Bonchev–Trinajstić information content (AvgIpc) is 3.33. The Morgan fingerprint density at radius 2 is 2.00 bits per heavy atom. The van der Waals surface area contributed by atoms with Gasteiger partial charge in [0.2, 0.25) is 17.7 Å². The molecule has 1 aromatic heterocycles. The van der Waals surface area contributed by atoms with Crippen LogP contribution in [-0.4, -0.2) is 52.1 Å². The van der Waals surface area contributed by atoms with Crippen molar-refractivity contribution in [3.8, 4) is 0 Å². The number of nitrogens with zero attached hydrogens (tertiary/aromatic N) is 3. The van der Waals surface area contributed by atoms with Gasteiger partial charge < -0.3 is 15.1 Å². The number of fused-ring (bicyclic) bond motifs is 2. The average molecular weight is 418 g/mol. The smallest absolute Gasteiger partial charge is 0.237 e. The SMILES string of the molecule is O=C1CCCCN1CCC(=O)N1CCC2(C(=O)Nc3ccccc32)C1c1cccnc1. The Bertz CT molecular complexity index is 1020. The van der Waals surface area contributed by atoms with Gasteiger partial charge in [-0.3, -0.25) is 19.4 Å². The third-order valence-electron chi connectivity index (χ3n) is 6.92. The van der Waals surface area contributed by atoms with Crippen molar-refractivity contribution in [2.24, 2.45) is 0 Å². The molecule has 5 rings (SSSR count). The fraction of sp³-hybridized carbons (Fsp3) is 0.417. The zero-order valence-corrected chi connectivity index (χ0v) is 17.4. The molecule has 2 unspecified atom stereocenters. The number of carbonyl (C=O) groups is 3. The molecule has 0 bridgehead atoms. The molecule has 1 N–H and O–H groups in total. The zero-order valence-electron chi connectivity index (χ0n) is 17.4. The maximum Gasteiger partial charge on any atom is 0.237 e. The first kappa shape index (κ1) is 19.7. The molecule has 160 valence electrons. The van der Waals surface area contributed by atoms with Gasteiger partial charge in [-0.2, -0.15) is 0 Å². The van der Waals surface area contributed by atoms with Crippen molar-refractivity contribution in [1.82, 2.24) is 14.8 Å². The zero-order chi connectivity index (χ0) is 21.4.